The number of nitrogens with zero attached hydrogens (tertiary/aromatic N) is 2. The van der Waals surface area contributed by atoms with E-state index in [0.29, 0.717) is 19.4 Å². The number of rotatable bonds is 7. The van der Waals surface area contributed by atoms with Crippen molar-refractivity contribution in [3.63, 3.8) is 0 Å². The van der Waals surface area contributed by atoms with Crippen LogP contribution in [0, 0.1) is 0 Å². The third-order valence-corrected chi connectivity index (χ3v) is 6.00. The van der Waals surface area contributed by atoms with Crippen LogP contribution in [-0.2, 0) is 26.6 Å². The molecule has 1 aromatic heterocycles. The van der Waals surface area contributed by atoms with E-state index in [1.807, 2.05) is 6.92 Å². The number of hydrogen-bond donors (Lipinski definition) is 1. The molecule has 0 aromatic carbocycles. The van der Waals surface area contributed by atoms with Crippen LogP contribution in [0.25, 0.3) is 0 Å². The lowest BCUT2D eigenvalue weighted by Gasteiger charge is -2.22. The smallest absolute Gasteiger partial charge is 0.354 e. The van der Waals surface area contributed by atoms with E-state index in [1.54, 1.807) is 14.0 Å². The Bertz CT molecular complexity index is 741. The molecule has 1 N–H and O–H groups in total. The van der Waals surface area contributed by atoms with Gasteiger partial charge < -0.3 is 14.6 Å². The van der Waals surface area contributed by atoms with Gasteiger partial charge in [-0.1, -0.05) is 6.92 Å². The summed E-state index contributed by atoms with van der Waals surface area (Å²) >= 11 is 0. The highest BCUT2D eigenvalue weighted by Gasteiger charge is 2.40. The van der Waals surface area contributed by atoms with Crippen molar-refractivity contribution in [2.75, 3.05) is 19.7 Å². The van der Waals surface area contributed by atoms with Gasteiger partial charge in [0.05, 0.1) is 6.61 Å². The molecule has 2 rings (SSSR count). The molecule has 0 saturated carbocycles. The molecule has 140 valence electrons. The Morgan fingerprint density at radius 1 is 1.36 bits per heavy atom. The first-order valence-electron chi connectivity index (χ1n) is 8.46. The SMILES string of the molecule is CCCNC(=O)[C@H]1CCCN1S(=O)(=O)c1cc(C(=O)OCC)n(C)c1. The first-order chi connectivity index (χ1) is 11.8. The van der Waals surface area contributed by atoms with E-state index in [1.165, 1.54) is 21.1 Å². The average Bonchev–Trinajstić information content (AvgIpc) is 3.20. The molecule has 1 aromatic rings. The minimum Gasteiger partial charge on any atom is -0.461 e. The number of amides is 1. The highest BCUT2D eigenvalue weighted by Crippen LogP contribution is 2.27. The van der Waals surface area contributed by atoms with Gasteiger partial charge in [0.15, 0.2) is 0 Å². The Labute approximate surface area is 148 Å². The monoisotopic (exact) mass is 371 g/mol. The summed E-state index contributed by atoms with van der Waals surface area (Å²) in [6.07, 6.45) is 3.28. The third-order valence-electron chi connectivity index (χ3n) is 4.13. The van der Waals surface area contributed by atoms with Gasteiger partial charge in [-0.25, -0.2) is 13.2 Å². The van der Waals surface area contributed by atoms with Crippen LogP contribution in [0.5, 0.6) is 0 Å². The molecule has 1 amide bonds. The Balaban J connectivity index is 2.27. The van der Waals surface area contributed by atoms with Gasteiger partial charge in [-0.3, -0.25) is 4.79 Å². The number of ether oxygens (including phenoxy) is 1. The molecule has 1 saturated heterocycles. The average molecular weight is 371 g/mol. The quantitative estimate of drug-likeness (QED) is 0.718. The number of esters is 1. The van der Waals surface area contributed by atoms with Gasteiger partial charge in [-0.15, -0.1) is 0 Å². The van der Waals surface area contributed by atoms with E-state index in [9.17, 15) is 18.0 Å². The van der Waals surface area contributed by atoms with Crippen molar-refractivity contribution in [3.05, 3.63) is 18.0 Å². The lowest BCUT2D eigenvalue weighted by molar-refractivity contribution is -0.124. The molecule has 1 fully saturated rings. The van der Waals surface area contributed by atoms with E-state index in [2.05, 4.69) is 5.32 Å². The second-order valence-electron chi connectivity index (χ2n) is 5.96. The summed E-state index contributed by atoms with van der Waals surface area (Å²) in [5.41, 5.74) is 0.159. The van der Waals surface area contributed by atoms with Gasteiger partial charge in [-0.05, 0) is 32.3 Å². The fraction of sp³-hybridized carbons (Fsp3) is 0.625. The summed E-state index contributed by atoms with van der Waals surface area (Å²) in [4.78, 5) is 24.2. The van der Waals surface area contributed by atoms with Crippen molar-refractivity contribution in [3.8, 4) is 0 Å². The van der Waals surface area contributed by atoms with Crippen molar-refractivity contribution in [1.29, 1.82) is 0 Å². The van der Waals surface area contributed by atoms with Crippen LogP contribution >= 0.6 is 0 Å². The van der Waals surface area contributed by atoms with Crippen molar-refractivity contribution in [2.24, 2.45) is 7.05 Å². The predicted molar refractivity (Wildman–Crippen MR) is 91.6 cm³/mol. The summed E-state index contributed by atoms with van der Waals surface area (Å²) < 4.78 is 33.5. The molecule has 0 aliphatic carbocycles. The first-order valence-corrected chi connectivity index (χ1v) is 9.90. The van der Waals surface area contributed by atoms with Crippen molar-refractivity contribution in [1.82, 2.24) is 14.2 Å². The van der Waals surface area contributed by atoms with Crippen molar-refractivity contribution < 1.29 is 22.7 Å². The van der Waals surface area contributed by atoms with Gasteiger partial charge in [0.2, 0.25) is 15.9 Å². The zero-order chi connectivity index (χ0) is 18.6. The molecule has 2 heterocycles. The van der Waals surface area contributed by atoms with Crippen LogP contribution in [0.4, 0.5) is 0 Å². The second-order valence-corrected chi connectivity index (χ2v) is 7.85. The van der Waals surface area contributed by atoms with Crippen LogP contribution in [0.15, 0.2) is 17.2 Å². The topological polar surface area (TPSA) is 97.7 Å². The molecule has 1 atom stereocenters. The Morgan fingerprint density at radius 2 is 2.08 bits per heavy atom. The molecule has 0 radical (unpaired) electrons. The van der Waals surface area contributed by atoms with E-state index in [0.717, 1.165) is 6.42 Å². The Kier molecular flexibility index (Phi) is 6.23. The highest BCUT2D eigenvalue weighted by atomic mass is 32.2. The molecular formula is C16H25N3O5S. The molecule has 0 unspecified atom stereocenters. The number of sulfonamides is 1. The number of hydrogen-bond acceptors (Lipinski definition) is 5. The van der Waals surface area contributed by atoms with Gasteiger partial charge in [-0.2, -0.15) is 4.31 Å². The predicted octanol–water partition coefficient (Wildman–Crippen LogP) is 0.881. The second kappa shape index (κ2) is 8.01. The van der Waals surface area contributed by atoms with Gasteiger partial charge in [0.1, 0.15) is 16.6 Å². The van der Waals surface area contributed by atoms with E-state index in [-0.39, 0.29) is 29.6 Å². The highest BCUT2D eigenvalue weighted by molar-refractivity contribution is 7.89. The first kappa shape index (κ1) is 19.5. The summed E-state index contributed by atoms with van der Waals surface area (Å²) in [7, 11) is -2.28. The fourth-order valence-corrected chi connectivity index (χ4v) is 4.60. The van der Waals surface area contributed by atoms with Gasteiger partial charge >= 0.3 is 5.97 Å². The number of carbonyl (C=O) groups excluding carboxylic acids is 2. The minimum atomic E-state index is -3.86. The lowest BCUT2D eigenvalue weighted by atomic mass is 10.2. The Hall–Kier alpha value is -1.87. The van der Waals surface area contributed by atoms with E-state index >= 15 is 0 Å². The maximum Gasteiger partial charge on any atom is 0.354 e. The number of aromatic nitrogens is 1. The molecular weight excluding hydrogens is 346 g/mol. The summed E-state index contributed by atoms with van der Waals surface area (Å²) in [5.74, 6) is -0.852. The number of aryl methyl sites for hydroxylation is 1. The standard InChI is InChI=1S/C16H25N3O5S/c1-4-8-17-15(20)13-7-6-9-19(13)25(22,23)12-10-14(18(3)11-12)16(21)24-5-2/h10-11,13H,4-9H2,1-3H3,(H,17,20)/t13-/m1/s1. The third kappa shape index (κ3) is 4.04. The van der Waals surface area contributed by atoms with Gasteiger partial charge in [0, 0.05) is 26.3 Å². The summed E-state index contributed by atoms with van der Waals surface area (Å²) in [5, 5.41) is 2.75. The molecule has 25 heavy (non-hydrogen) atoms. The maximum atomic E-state index is 12.9. The molecule has 0 bridgehead atoms. The molecule has 9 heteroatoms. The van der Waals surface area contributed by atoms with Crippen LogP contribution in [0.3, 0.4) is 0 Å². The summed E-state index contributed by atoms with van der Waals surface area (Å²) in [6, 6.07) is 0.593. The number of carbonyl (C=O) groups is 2. The fourth-order valence-electron chi connectivity index (χ4n) is 2.87. The zero-order valence-electron chi connectivity index (χ0n) is 14.8. The summed E-state index contributed by atoms with van der Waals surface area (Å²) in [6.45, 7) is 4.63. The molecule has 0 spiro atoms. The van der Waals surface area contributed by atoms with Crippen LogP contribution < -0.4 is 5.32 Å². The van der Waals surface area contributed by atoms with E-state index < -0.39 is 22.0 Å². The maximum absolute atomic E-state index is 12.9. The number of nitrogens with one attached hydrogen (secondary N) is 1. The lowest BCUT2D eigenvalue weighted by Crippen LogP contribution is -2.45. The largest absolute Gasteiger partial charge is 0.461 e. The van der Waals surface area contributed by atoms with Gasteiger partial charge in [0.25, 0.3) is 0 Å². The van der Waals surface area contributed by atoms with Crippen LogP contribution in [0.1, 0.15) is 43.6 Å². The van der Waals surface area contributed by atoms with E-state index in [4.69, 9.17) is 4.74 Å². The van der Waals surface area contributed by atoms with Crippen LogP contribution in [0.2, 0.25) is 0 Å². The molecule has 1 aliphatic heterocycles. The molecule has 8 nitrogen and oxygen atoms in total. The van der Waals surface area contributed by atoms with Crippen LogP contribution in [-0.4, -0.2) is 54.9 Å². The van der Waals surface area contributed by atoms with Crippen molar-refractivity contribution >= 4 is 21.9 Å². The zero-order valence-corrected chi connectivity index (χ0v) is 15.6. The Morgan fingerprint density at radius 3 is 2.72 bits per heavy atom. The molecule has 1 aliphatic rings. The minimum absolute atomic E-state index is 0.00626. The van der Waals surface area contributed by atoms with Crippen molar-refractivity contribution in [2.45, 2.75) is 44.0 Å². The normalized spacial score (nSPS) is 18.3.